The van der Waals surface area contributed by atoms with E-state index < -0.39 is 6.04 Å². The first kappa shape index (κ1) is 25.9. The van der Waals surface area contributed by atoms with Gasteiger partial charge in [0.25, 0.3) is 0 Å². The van der Waals surface area contributed by atoms with Gasteiger partial charge < -0.3 is 10.2 Å². The van der Waals surface area contributed by atoms with Crippen molar-refractivity contribution in [2.75, 3.05) is 0 Å². The van der Waals surface area contributed by atoms with Gasteiger partial charge in [-0.15, -0.1) is 0 Å². The number of rotatable bonds is 9. The van der Waals surface area contributed by atoms with Crippen molar-refractivity contribution in [3.63, 3.8) is 0 Å². The van der Waals surface area contributed by atoms with E-state index in [2.05, 4.69) is 50.4 Å². The number of carbonyl (C=O) groups excluding carboxylic acids is 2. The molecule has 2 rings (SSSR count). The van der Waals surface area contributed by atoms with Gasteiger partial charge in [-0.25, -0.2) is 0 Å². The average molecular weight is 457 g/mol. The first-order valence-corrected chi connectivity index (χ1v) is 11.8. The van der Waals surface area contributed by atoms with Gasteiger partial charge in [-0.05, 0) is 54.9 Å². The zero-order chi connectivity index (χ0) is 23.9. The molecule has 2 aromatic rings. The summed E-state index contributed by atoms with van der Waals surface area (Å²) >= 11 is 6.37. The van der Waals surface area contributed by atoms with Crippen molar-refractivity contribution in [2.24, 2.45) is 0 Å². The number of halogens is 1. The van der Waals surface area contributed by atoms with E-state index in [-0.39, 0.29) is 23.3 Å². The van der Waals surface area contributed by atoms with Crippen LogP contribution in [0, 0.1) is 0 Å². The highest BCUT2D eigenvalue weighted by Gasteiger charge is 2.29. The lowest BCUT2D eigenvalue weighted by Gasteiger charge is -2.31. The molecule has 4 nitrogen and oxygen atoms in total. The van der Waals surface area contributed by atoms with Crippen molar-refractivity contribution in [1.82, 2.24) is 10.2 Å². The maximum Gasteiger partial charge on any atom is 0.243 e. The Labute approximate surface area is 198 Å². The number of hydrogen-bond donors (Lipinski definition) is 1. The summed E-state index contributed by atoms with van der Waals surface area (Å²) in [5, 5.41) is 3.56. The van der Waals surface area contributed by atoms with Crippen molar-refractivity contribution in [3.8, 4) is 0 Å². The predicted octanol–water partition coefficient (Wildman–Crippen LogP) is 5.90. The molecule has 0 radical (unpaired) electrons. The minimum atomic E-state index is -0.538. The molecule has 0 saturated heterocycles. The van der Waals surface area contributed by atoms with Gasteiger partial charge in [-0.1, -0.05) is 81.8 Å². The number of carbonyl (C=O) groups is 2. The molecule has 0 saturated carbocycles. The summed E-state index contributed by atoms with van der Waals surface area (Å²) < 4.78 is 0. The highest BCUT2D eigenvalue weighted by Crippen LogP contribution is 2.23. The van der Waals surface area contributed by atoms with Crippen molar-refractivity contribution < 1.29 is 9.59 Å². The largest absolute Gasteiger partial charge is 0.352 e. The Balaban J connectivity index is 2.20. The number of amides is 2. The molecule has 0 heterocycles. The molecule has 0 fully saturated rings. The van der Waals surface area contributed by atoms with Gasteiger partial charge in [0.15, 0.2) is 0 Å². The molecule has 0 aliphatic heterocycles. The Morgan fingerprint density at radius 2 is 1.66 bits per heavy atom. The van der Waals surface area contributed by atoms with Gasteiger partial charge in [0.2, 0.25) is 11.8 Å². The molecule has 5 heteroatoms. The first-order valence-electron chi connectivity index (χ1n) is 11.5. The molecule has 1 N–H and O–H groups in total. The molecule has 0 unspecified atom stereocenters. The number of nitrogens with zero attached hydrogens (tertiary/aromatic N) is 1. The van der Waals surface area contributed by atoms with Crippen LogP contribution in [-0.2, 0) is 28.0 Å². The van der Waals surface area contributed by atoms with Gasteiger partial charge >= 0.3 is 0 Å². The van der Waals surface area contributed by atoms with Crippen molar-refractivity contribution in [2.45, 2.75) is 84.8 Å². The standard InChI is InChI=1S/C27H37ClN2O2/c1-7-24(26(32)29-19(2)3)30(18-21-10-8-9-11-23(21)28)25(31)17-14-20-12-15-22(16-13-20)27(4,5)6/h8-13,15-16,19,24H,7,14,17-18H2,1-6H3,(H,29,32)/t24-/m0/s1. The normalized spacial score (nSPS) is 12.5. The lowest BCUT2D eigenvalue weighted by molar-refractivity contribution is -0.141. The van der Waals surface area contributed by atoms with E-state index in [1.807, 2.05) is 45.0 Å². The maximum atomic E-state index is 13.4. The molecule has 1 atom stereocenters. The molecule has 0 aromatic heterocycles. The zero-order valence-electron chi connectivity index (χ0n) is 20.2. The summed E-state index contributed by atoms with van der Waals surface area (Å²) in [5.41, 5.74) is 3.32. The van der Waals surface area contributed by atoms with Crippen LogP contribution in [0.4, 0.5) is 0 Å². The fourth-order valence-electron chi connectivity index (χ4n) is 3.68. The van der Waals surface area contributed by atoms with E-state index in [9.17, 15) is 9.59 Å². The summed E-state index contributed by atoms with van der Waals surface area (Å²) in [4.78, 5) is 27.9. The third kappa shape index (κ3) is 7.37. The fraction of sp³-hybridized carbons (Fsp3) is 0.481. The topological polar surface area (TPSA) is 49.4 Å². The Morgan fingerprint density at radius 3 is 2.19 bits per heavy atom. The number of nitrogens with one attached hydrogen (secondary N) is 1. The Kier molecular flexibility index (Phi) is 9.33. The minimum Gasteiger partial charge on any atom is -0.352 e. The summed E-state index contributed by atoms with van der Waals surface area (Å²) in [6.45, 7) is 12.6. The Morgan fingerprint density at radius 1 is 1.03 bits per heavy atom. The van der Waals surface area contributed by atoms with E-state index in [1.54, 1.807) is 4.90 Å². The van der Waals surface area contributed by atoms with Crippen LogP contribution < -0.4 is 5.32 Å². The molecule has 0 aliphatic carbocycles. The van der Waals surface area contributed by atoms with Gasteiger partial charge in [-0.2, -0.15) is 0 Å². The van der Waals surface area contributed by atoms with Crippen LogP contribution in [0.5, 0.6) is 0 Å². The maximum absolute atomic E-state index is 13.4. The summed E-state index contributed by atoms with van der Waals surface area (Å²) in [6, 6.07) is 15.4. The van der Waals surface area contributed by atoms with Gasteiger partial charge in [0.1, 0.15) is 6.04 Å². The highest BCUT2D eigenvalue weighted by atomic mass is 35.5. The quantitative estimate of drug-likeness (QED) is 0.510. The van der Waals surface area contributed by atoms with Crippen molar-refractivity contribution in [3.05, 3.63) is 70.2 Å². The van der Waals surface area contributed by atoms with E-state index in [0.29, 0.717) is 30.8 Å². The third-order valence-corrected chi connectivity index (χ3v) is 5.93. The molecule has 0 spiro atoms. The van der Waals surface area contributed by atoms with Crippen LogP contribution in [0.3, 0.4) is 0 Å². The highest BCUT2D eigenvalue weighted by molar-refractivity contribution is 6.31. The second kappa shape index (κ2) is 11.5. The van der Waals surface area contributed by atoms with Crippen LogP contribution in [0.2, 0.25) is 5.02 Å². The number of benzene rings is 2. The minimum absolute atomic E-state index is 0.00939. The molecule has 2 amide bonds. The second-order valence-electron chi connectivity index (χ2n) is 9.65. The van der Waals surface area contributed by atoms with Crippen LogP contribution >= 0.6 is 11.6 Å². The lowest BCUT2D eigenvalue weighted by Crippen LogP contribution is -2.50. The molecule has 0 aliphatic rings. The number of hydrogen-bond acceptors (Lipinski definition) is 2. The third-order valence-electron chi connectivity index (χ3n) is 5.56. The molecule has 174 valence electrons. The molecule has 0 bridgehead atoms. The molecular weight excluding hydrogens is 420 g/mol. The van der Waals surface area contributed by atoms with E-state index in [0.717, 1.165) is 11.1 Å². The van der Waals surface area contributed by atoms with Crippen LogP contribution in [0.15, 0.2) is 48.5 Å². The lowest BCUT2D eigenvalue weighted by atomic mass is 9.86. The molecule has 32 heavy (non-hydrogen) atoms. The van der Waals surface area contributed by atoms with E-state index in [4.69, 9.17) is 11.6 Å². The summed E-state index contributed by atoms with van der Waals surface area (Å²) in [5.74, 6) is -0.173. The molecular formula is C27H37ClN2O2. The van der Waals surface area contributed by atoms with Crippen molar-refractivity contribution in [1.29, 1.82) is 0 Å². The van der Waals surface area contributed by atoms with Gasteiger partial charge in [0, 0.05) is 24.0 Å². The monoisotopic (exact) mass is 456 g/mol. The van der Waals surface area contributed by atoms with Crippen LogP contribution in [-0.4, -0.2) is 28.8 Å². The van der Waals surface area contributed by atoms with Crippen LogP contribution in [0.1, 0.15) is 71.1 Å². The second-order valence-corrected chi connectivity index (χ2v) is 10.1. The summed E-state index contributed by atoms with van der Waals surface area (Å²) in [6.07, 6.45) is 1.50. The Hall–Kier alpha value is -2.33. The van der Waals surface area contributed by atoms with Crippen LogP contribution in [0.25, 0.3) is 0 Å². The predicted molar refractivity (Wildman–Crippen MR) is 133 cm³/mol. The van der Waals surface area contributed by atoms with E-state index in [1.165, 1.54) is 5.56 Å². The average Bonchev–Trinajstić information content (AvgIpc) is 2.72. The summed E-state index contributed by atoms with van der Waals surface area (Å²) in [7, 11) is 0. The zero-order valence-corrected chi connectivity index (χ0v) is 21.0. The molecule has 2 aromatic carbocycles. The number of aryl methyl sites for hydroxylation is 1. The fourth-order valence-corrected chi connectivity index (χ4v) is 3.87. The smallest absolute Gasteiger partial charge is 0.243 e. The van der Waals surface area contributed by atoms with E-state index >= 15 is 0 Å². The first-order chi connectivity index (χ1) is 15.0. The Bertz CT molecular complexity index is 901. The van der Waals surface area contributed by atoms with Gasteiger partial charge in [0.05, 0.1) is 0 Å². The SMILES string of the molecule is CC[C@@H](C(=O)NC(C)C)N(Cc1ccccc1Cl)C(=O)CCc1ccc(C(C)(C)C)cc1. The van der Waals surface area contributed by atoms with Crippen molar-refractivity contribution >= 4 is 23.4 Å². The van der Waals surface area contributed by atoms with Gasteiger partial charge in [-0.3, -0.25) is 9.59 Å².